The average Bonchev–Trinajstić information content (AvgIpc) is 3.28. The van der Waals surface area contributed by atoms with Gasteiger partial charge >= 0.3 is 5.97 Å². The largest absolute Gasteiger partial charge is 0.458 e. The van der Waals surface area contributed by atoms with Gasteiger partial charge in [0, 0.05) is 31.2 Å². The maximum Gasteiger partial charge on any atom is 0.329 e. The van der Waals surface area contributed by atoms with Crippen LogP contribution in [0.15, 0.2) is 42.0 Å². The van der Waals surface area contributed by atoms with Crippen molar-refractivity contribution in [2.75, 3.05) is 16.3 Å². The second-order valence-electron chi connectivity index (χ2n) is 8.11. The number of amides is 1. The third-order valence-electron chi connectivity index (χ3n) is 5.74. The van der Waals surface area contributed by atoms with Crippen LogP contribution in [0.5, 0.6) is 0 Å². The van der Waals surface area contributed by atoms with E-state index in [0.717, 1.165) is 29.7 Å². The summed E-state index contributed by atoms with van der Waals surface area (Å²) in [5.74, 6) is 0.103. The number of carbonyl (C=O) groups is 2. The van der Waals surface area contributed by atoms with Crippen LogP contribution < -0.4 is 9.80 Å². The number of esters is 1. The Labute approximate surface area is 197 Å². The van der Waals surface area contributed by atoms with Gasteiger partial charge in [0.25, 0.3) is 0 Å². The number of aryl methyl sites for hydroxylation is 2. The third-order valence-corrected chi connectivity index (χ3v) is 6.62. The van der Waals surface area contributed by atoms with E-state index < -0.39 is 6.04 Å². The topological polar surface area (TPSA) is 88.5 Å². The van der Waals surface area contributed by atoms with E-state index in [-0.39, 0.29) is 18.5 Å². The molecule has 0 spiro atoms. The molecule has 0 bridgehead atoms. The molecule has 1 atom stereocenters. The predicted molar refractivity (Wildman–Crippen MR) is 128 cm³/mol. The van der Waals surface area contributed by atoms with Crippen LogP contribution >= 0.6 is 11.3 Å². The summed E-state index contributed by atoms with van der Waals surface area (Å²) in [6.07, 6.45) is 5.98. The highest BCUT2D eigenvalue weighted by molar-refractivity contribution is 7.14. The minimum atomic E-state index is -0.413. The van der Waals surface area contributed by atoms with E-state index in [4.69, 9.17) is 4.74 Å². The lowest BCUT2D eigenvalue weighted by atomic mass is 10.0. The monoisotopic (exact) mass is 465 g/mol. The quantitative estimate of drug-likeness (QED) is 0.501. The summed E-state index contributed by atoms with van der Waals surface area (Å²) in [5.41, 5.74) is 3.64. The van der Waals surface area contributed by atoms with Crippen LogP contribution in [0.4, 0.5) is 16.8 Å². The number of piperidine rings is 1. The van der Waals surface area contributed by atoms with E-state index in [1.165, 1.54) is 18.3 Å². The van der Waals surface area contributed by atoms with Crippen LogP contribution in [0.25, 0.3) is 0 Å². The van der Waals surface area contributed by atoms with Gasteiger partial charge < -0.3 is 9.64 Å². The number of hydrogen-bond donors (Lipinski definition) is 0. The fraction of sp³-hybridized carbons (Fsp3) is 0.375. The molecular formula is C24H27N5O3S. The number of benzene rings is 1. The van der Waals surface area contributed by atoms with Gasteiger partial charge in [0.2, 0.25) is 11.9 Å². The first-order chi connectivity index (χ1) is 15.9. The van der Waals surface area contributed by atoms with Crippen LogP contribution in [-0.4, -0.2) is 39.4 Å². The highest BCUT2D eigenvalue weighted by Crippen LogP contribution is 2.30. The Bertz CT molecular complexity index is 1130. The average molecular weight is 466 g/mol. The van der Waals surface area contributed by atoms with Crippen LogP contribution in [0.2, 0.25) is 0 Å². The fourth-order valence-electron chi connectivity index (χ4n) is 3.85. The van der Waals surface area contributed by atoms with E-state index in [1.54, 1.807) is 23.4 Å². The molecule has 4 rings (SSSR count). The molecule has 1 aliphatic heterocycles. The molecule has 33 heavy (non-hydrogen) atoms. The first-order valence-corrected chi connectivity index (χ1v) is 11.8. The minimum Gasteiger partial charge on any atom is -0.458 e. The summed E-state index contributed by atoms with van der Waals surface area (Å²) in [6, 6.07) is 7.21. The number of hydrogen-bond acceptors (Lipinski definition) is 8. The Morgan fingerprint density at radius 3 is 2.70 bits per heavy atom. The number of anilines is 3. The minimum absolute atomic E-state index is 0.0496. The second-order valence-corrected chi connectivity index (χ2v) is 8.94. The first-order valence-electron chi connectivity index (χ1n) is 11.0. The van der Waals surface area contributed by atoms with Gasteiger partial charge in [0.15, 0.2) is 5.13 Å². The second kappa shape index (κ2) is 10.1. The number of carbonyl (C=O) groups excluding carboxylic acids is 2. The first kappa shape index (κ1) is 22.8. The normalized spacial score (nSPS) is 15.8. The molecule has 0 aliphatic carbocycles. The van der Waals surface area contributed by atoms with Crippen LogP contribution in [-0.2, 0) is 20.9 Å². The number of rotatable bonds is 6. The van der Waals surface area contributed by atoms with Crippen molar-refractivity contribution in [1.82, 2.24) is 15.0 Å². The molecule has 3 aromatic rings. The van der Waals surface area contributed by atoms with Crippen molar-refractivity contribution in [3.05, 3.63) is 58.9 Å². The van der Waals surface area contributed by atoms with Crippen molar-refractivity contribution >= 4 is 40.0 Å². The lowest BCUT2D eigenvalue weighted by Gasteiger charge is -2.33. The summed E-state index contributed by atoms with van der Waals surface area (Å²) < 4.78 is 5.62. The zero-order valence-electron chi connectivity index (χ0n) is 19.0. The van der Waals surface area contributed by atoms with Crippen LogP contribution in [0.3, 0.4) is 0 Å². The lowest BCUT2D eigenvalue weighted by Crippen LogP contribution is -2.46. The maximum atomic E-state index is 12.9. The van der Waals surface area contributed by atoms with Gasteiger partial charge in [0.1, 0.15) is 12.6 Å². The SMILES string of the molecule is CC(=O)N(c1ccc(C)c(C)c1)c1nc(COC(=O)C2CCCCN2c2ncccn2)cs1. The Balaban J connectivity index is 1.45. The molecule has 1 aliphatic rings. The van der Waals surface area contributed by atoms with E-state index in [0.29, 0.717) is 29.7 Å². The van der Waals surface area contributed by atoms with Crippen molar-refractivity contribution in [1.29, 1.82) is 0 Å². The Kier molecular flexibility index (Phi) is 6.98. The van der Waals surface area contributed by atoms with Crippen molar-refractivity contribution in [2.45, 2.75) is 52.7 Å². The van der Waals surface area contributed by atoms with Crippen LogP contribution in [0, 0.1) is 13.8 Å². The molecule has 172 valence electrons. The lowest BCUT2D eigenvalue weighted by molar-refractivity contribution is -0.147. The molecular weight excluding hydrogens is 438 g/mol. The van der Waals surface area contributed by atoms with Gasteiger partial charge in [0.05, 0.1) is 11.4 Å². The molecule has 3 heterocycles. The molecule has 0 radical (unpaired) electrons. The molecule has 9 heteroatoms. The predicted octanol–water partition coefficient (Wildman–Crippen LogP) is 4.34. The van der Waals surface area contributed by atoms with Gasteiger partial charge in [-0.05, 0) is 62.4 Å². The van der Waals surface area contributed by atoms with E-state index in [2.05, 4.69) is 15.0 Å². The van der Waals surface area contributed by atoms with E-state index in [9.17, 15) is 9.59 Å². The van der Waals surface area contributed by atoms with Crippen molar-refractivity contribution in [2.24, 2.45) is 0 Å². The summed E-state index contributed by atoms with van der Waals surface area (Å²) in [5, 5.41) is 2.37. The highest BCUT2D eigenvalue weighted by atomic mass is 32.1. The molecule has 1 aromatic carbocycles. The molecule has 1 unspecified atom stereocenters. The molecule has 8 nitrogen and oxygen atoms in total. The third kappa shape index (κ3) is 5.19. The Hall–Kier alpha value is -3.33. The van der Waals surface area contributed by atoms with Crippen molar-refractivity contribution in [3.63, 3.8) is 0 Å². The number of ether oxygens (including phenoxy) is 1. The Morgan fingerprint density at radius 2 is 1.97 bits per heavy atom. The molecule has 2 aromatic heterocycles. The molecule has 1 amide bonds. The van der Waals surface area contributed by atoms with E-state index >= 15 is 0 Å². The summed E-state index contributed by atoms with van der Waals surface area (Å²) >= 11 is 1.35. The van der Waals surface area contributed by atoms with Crippen molar-refractivity contribution < 1.29 is 14.3 Å². The molecule has 0 saturated carbocycles. The number of nitrogens with zero attached hydrogens (tertiary/aromatic N) is 5. The van der Waals surface area contributed by atoms with Gasteiger partial charge in [-0.15, -0.1) is 11.3 Å². The summed E-state index contributed by atoms with van der Waals surface area (Å²) in [4.78, 5) is 41.9. The van der Waals surface area contributed by atoms with Crippen LogP contribution in [0.1, 0.15) is 43.0 Å². The fourth-order valence-corrected chi connectivity index (χ4v) is 4.73. The molecule has 1 saturated heterocycles. The van der Waals surface area contributed by atoms with Gasteiger partial charge in [-0.3, -0.25) is 9.69 Å². The molecule has 0 N–H and O–H groups in total. The number of aromatic nitrogens is 3. The van der Waals surface area contributed by atoms with Gasteiger partial charge in [-0.1, -0.05) is 6.07 Å². The van der Waals surface area contributed by atoms with Gasteiger partial charge in [-0.25, -0.2) is 19.7 Å². The van der Waals surface area contributed by atoms with Crippen molar-refractivity contribution in [3.8, 4) is 0 Å². The van der Waals surface area contributed by atoms with E-state index in [1.807, 2.05) is 42.3 Å². The highest BCUT2D eigenvalue weighted by Gasteiger charge is 2.32. The smallest absolute Gasteiger partial charge is 0.329 e. The summed E-state index contributed by atoms with van der Waals surface area (Å²) in [6.45, 7) is 6.32. The van der Waals surface area contributed by atoms with Gasteiger partial charge in [-0.2, -0.15) is 0 Å². The maximum absolute atomic E-state index is 12.9. The molecule has 1 fully saturated rings. The number of thiazole rings is 1. The zero-order valence-corrected chi connectivity index (χ0v) is 19.8. The summed E-state index contributed by atoms with van der Waals surface area (Å²) in [7, 11) is 0. The standard InChI is InChI=1S/C24H27N5O3S/c1-16-8-9-20(13-17(16)2)29(18(3)30)24-27-19(15-33-24)14-32-22(31)21-7-4-5-12-28(21)23-25-10-6-11-26-23/h6,8-11,13,15,21H,4-5,7,12,14H2,1-3H3. The zero-order chi connectivity index (χ0) is 23.4. The Morgan fingerprint density at radius 1 is 1.18 bits per heavy atom.